The average Bonchev–Trinajstić information content (AvgIpc) is 2.38. The van der Waals surface area contributed by atoms with Crippen LogP contribution < -0.4 is 14.8 Å². The van der Waals surface area contributed by atoms with Crippen LogP contribution in [-0.2, 0) is 0 Å². The monoisotopic (exact) mass is 249 g/mol. The topological polar surface area (TPSA) is 30.5 Å². The summed E-state index contributed by atoms with van der Waals surface area (Å²) in [6.45, 7) is 6.24. The predicted molar refractivity (Wildman–Crippen MR) is 76.4 cm³/mol. The number of ether oxygens (including phenoxy) is 2. The van der Waals surface area contributed by atoms with Gasteiger partial charge in [-0.1, -0.05) is 18.2 Å². The van der Waals surface area contributed by atoms with E-state index in [2.05, 4.69) is 17.5 Å². The Hall–Kier alpha value is -1.48. The molecule has 1 aromatic rings. The smallest absolute Gasteiger partial charge is 0.161 e. The van der Waals surface area contributed by atoms with Gasteiger partial charge in [-0.2, -0.15) is 0 Å². The summed E-state index contributed by atoms with van der Waals surface area (Å²) in [6.07, 6.45) is 5.28. The van der Waals surface area contributed by atoms with E-state index in [1.807, 2.05) is 39.1 Å². The van der Waals surface area contributed by atoms with Gasteiger partial charge in [0.1, 0.15) is 0 Å². The zero-order valence-electron chi connectivity index (χ0n) is 11.5. The molecule has 100 valence electrons. The third-order valence-electron chi connectivity index (χ3n) is 2.44. The van der Waals surface area contributed by atoms with Crippen LogP contribution in [0.5, 0.6) is 11.5 Å². The number of hydrogen-bond donors (Lipinski definition) is 1. The molecule has 18 heavy (non-hydrogen) atoms. The van der Waals surface area contributed by atoms with Gasteiger partial charge in [0, 0.05) is 0 Å². The second kappa shape index (κ2) is 8.59. The van der Waals surface area contributed by atoms with Crippen LogP contribution in [-0.4, -0.2) is 26.8 Å². The van der Waals surface area contributed by atoms with Gasteiger partial charge < -0.3 is 14.8 Å². The minimum Gasteiger partial charge on any atom is -0.490 e. The molecule has 0 fully saturated rings. The highest BCUT2D eigenvalue weighted by Crippen LogP contribution is 2.28. The van der Waals surface area contributed by atoms with Gasteiger partial charge in [-0.25, -0.2) is 0 Å². The van der Waals surface area contributed by atoms with E-state index in [0.717, 1.165) is 30.0 Å². The van der Waals surface area contributed by atoms with Crippen molar-refractivity contribution in [2.75, 3.05) is 26.8 Å². The molecule has 1 N–H and O–H groups in total. The summed E-state index contributed by atoms with van der Waals surface area (Å²) in [6, 6.07) is 6.03. The fourth-order valence-corrected chi connectivity index (χ4v) is 1.62. The molecule has 0 bridgehead atoms. The highest BCUT2D eigenvalue weighted by Gasteiger charge is 2.04. The molecule has 1 rings (SSSR count). The lowest BCUT2D eigenvalue weighted by molar-refractivity contribution is 0.287. The molecule has 0 saturated carbocycles. The molecule has 0 aromatic heterocycles. The molecule has 0 aliphatic carbocycles. The predicted octanol–water partition coefficient (Wildman–Crippen LogP) is 3.11. The number of nitrogens with one attached hydrogen (secondary N) is 1. The van der Waals surface area contributed by atoms with Crippen molar-refractivity contribution in [3.63, 3.8) is 0 Å². The van der Waals surface area contributed by atoms with E-state index in [0.29, 0.717) is 13.2 Å². The van der Waals surface area contributed by atoms with Gasteiger partial charge >= 0.3 is 0 Å². The lowest BCUT2D eigenvalue weighted by Crippen LogP contribution is -2.05. The third-order valence-corrected chi connectivity index (χ3v) is 2.44. The summed E-state index contributed by atoms with van der Waals surface area (Å²) < 4.78 is 11.1. The van der Waals surface area contributed by atoms with E-state index >= 15 is 0 Å². The molecule has 0 aliphatic heterocycles. The van der Waals surface area contributed by atoms with E-state index in [1.165, 1.54) is 0 Å². The van der Waals surface area contributed by atoms with E-state index < -0.39 is 0 Å². The normalized spacial score (nSPS) is 10.8. The van der Waals surface area contributed by atoms with E-state index in [-0.39, 0.29) is 0 Å². The van der Waals surface area contributed by atoms with E-state index in [4.69, 9.17) is 9.47 Å². The molecule has 0 unspecified atom stereocenters. The molecule has 1 aromatic carbocycles. The SMILES string of the molecule is CCOc1ccc(C=CCCNC)cc1OCC. The van der Waals surface area contributed by atoms with Gasteiger partial charge in [-0.15, -0.1) is 0 Å². The zero-order valence-corrected chi connectivity index (χ0v) is 11.5. The van der Waals surface area contributed by atoms with Crippen molar-refractivity contribution in [2.24, 2.45) is 0 Å². The van der Waals surface area contributed by atoms with Crippen LogP contribution >= 0.6 is 0 Å². The first kappa shape index (κ1) is 14.6. The molecule has 0 saturated heterocycles. The maximum absolute atomic E-state index is 5.59. The Bertz CT molecular complexity index is 375. The van der Waals surface area contributed by atoms with Crippen LogP contribution in [0.15, 0.2) is 24.3 Å². The highest BCUT2D eigenvalue weighted by molar-refractivity contribution is 5.55. The first-order valence-electron chi connectivity index (χ1n) is 6.52. The van der Waals surface area contributed by atoms with Gasteiger partial charge in [-0.3, -0.25) is 0 Å². The first-order chi connectivity index (χ1) is 8.81. The standard InChI is InChI=1S/C15H23NO2/c1-4-17-14-10-9-13(8-6-7-11-16-3)12-15(14)18-5-2/h6,8-10,12,16H,4-5,7,11H2,1-3H3. The van der Waals surface area contributed by atoms with Gasteiger partial charge in [-0.05, 0) is 51.6 Å². The summed E-state index contributed by atoms with van der Waals surface area (Å²) in [7, 11) is 1.96. The van der Waals surface area contributed by atoms with E-state index in [9.17, 15) is 0 Å². The molecule has 0 aliphatic rings. The van der Waals surface area contributed by atoms with Crippen LogP contribution in [0.2, 0.25) is 0 Å². The van der Waals surface area contributed by atoms with Crippen molar-refractivity contribution in [3.05, 3.63) is 29.8 Å². The zero-order chi connectivity index (χ0) is 13.2. The summed E-state index contributed by atoms with van der Waals surface area (Å²) in [5, 5.41) is 3.12. The van der Waals surface area contributed by atoms with Crippen molar-refractivity contribution in [2.45, 2.75) is 20.3 Å². The Morgan fingerprint density at radius 1 is 1.11 bits per heavy atom. The van der Waals surface area contributed by atoms with Crippen LogP contribution in [0.25, 0.3) is 6.08 Å². The van der Waals surface area contributed by atoms with Crippen molar-refractivity contribution < 1.29 is 9.47 Å². The average molecular weight is 249 g/mol. The van der Waals surface area contributed by atoms with Crippen LogP contribution in [0.1, 0.15) is 25.8 Å². The molecular weight excluding hydrogens is 226 g/mol. The minimum absolute atomic E-state index is 0.646. The maximum atomic E-state index is 5.59. The molecule has 3 heteroatoms. The van der Waals surface area contributed by atoms with Gasteiger partial charge in [0.25, 0.3) is 0 Å². The summed E-state index contributed by atoms with van der Waals surface area (Å²) in [5.41, 5.74) is 1.14. The quantitative estimate of drug-likeness (QED) is 0.718. The van der Waals surface area contributed by atoms with Gasteiger partial charge in [0.15, 0.2) is 11.5 Å². The van der Waals surface area contributed by atoms with Crippen LogP contribution in [0, 0.1) is 0 Å². The van der Waals surface area contributed by atoms with Gasteiger partial charge in [0.2, 0.25) is 0 Å². The van der Waals surface area contributed by atoms with Gasteiger partial charge in [0.05, 0.1) is 13.2 Å². The van der Waals surface area contributed by atoms with Crippen molar-refractivity contribution in [1.82, 2.24) is 5.32 Å². The molecule has 0 heterocycles. The Labute approximate surface area is 110 Å². The lowest BCUT2D eigenvalue weighted by atomic mass is 10.1. The van der Waals surface area contributed by atoms with Crippen molar-refractivity contribution in [1.29, 1.82) is 0 Å². The fourth-order valence-electron chi connectivity index (χ4n) is 1.62. The van der Waals surface area contributed by atoms with Crippen LogP contribution in [0.3, 0.4) is 0 Å². The molecule has 0 amide bonds. The number of hydrogen-bond acceptors (Lipinski definition) is 3. The second-order valence-electron chi connectivity index (χ2n) is 3.87. The third kappa shape index (κ3) is 4.80. The Morgan fingerprint density at radius 2 is 1.83 bits per heavy atom. The Morgan fingerprint density at radius 3 is 2.50 bits per heavy atom. The first-order valence-corrected chi connectivity index (χ1v) is 6.52. The molecular formula is C15H23NO2. The maximum Gasteiger partial charge on any atom is 0.161 e. The lowest BCUT2D eigenvalue weighted by Gasteiger charge is -2.11. The summed E-state index contributed by atoms with van der Waals surface area (Å²) in [5.74, 6) is 1.63. The fraction of sp³-hybridized carbons (Fsp3) is 0.467. The molecule has 3 nitrogen and oxygen atoms in total. The Kier molecular flexibility index (Phi) is 6.96. The van der Waals surface area contributed by atoms with E-state index in [1.54, 1.807) is 0 Å². The highest BCUT2D eigenvalue weighted by atomic mass is 16.5. The molecule has 0 atom stereocenters. The largest absolute Gasteiger partial charge is 0.490 e. The summed E-state index contributed by atoms with van der Waals surface area (Å²) in [4.78, 5) is 0. The van der Waals surface area contributed by atoms with Crippen molar-refractivity contribution in [3.8, 4) is 11.5 Å². The van der Waals surface area contributed by atoms with Crippen molar-refractivity contribution >= 4 is 6.08 Å². The number of rotatable bonds is 8. The number of benzene rings is 1. The second-order valence-corrected chi connectivity index (χ2v) is 3.87. The molecule has 0 spiro atoms. The minimum atomic E-state index is 0.646. The summed E-state index contributed by atoms with van der Waals surface area (Å²) >= 11 is 0. The Balaban J connectivity index is 2.75. The van der Waals surface area contributed by atoms with Crippen LogP contribution in [0.4, 0.5) is 0 Å². The molecule has 0 radical (unpaired) electrons.